The van der Waals surface area contributed by atoms with Crippen LogP contribution in [0.3, 0.4) is 0 Å². The lowest BCUT2D eigenvalue weighted by Crippen LogP contribution is -2.26. The molecule has 3 rings (SSSR count). The van der Waals surface area contributed by atoms with E-state index in [-0.39, 0.29) is 5.91 Å². The Morgan fingerprint density at radius 2 is 2.00 bits per heavy atom. The second-order valence-corrected chi connectivity index (χ2v) is 6.96. The van der Waals surface area contributed by atoms with Crippen LogP contribution >= 0.6 is 27.5 Å². The Morgan fingerprint density at radius 1 is 1.24 bits per heavy atom. The van der Waals surface area contributed by atoms with Gasteiger partial charge in [0, 0.05) is 23.0 Å². The molecule has 0 aliphatic heterocycles. The van der Waals surface area contributed by atoms with Crippen molar-refractivity contribution in [1.82, 2.24) is 10.3 Å². The molecule has 3 aromatic rings. The summed E-state index contributed by atoms with van der Waals surface area (Å²) in [6.45, 7) is 2.48. The number of hydrogen-bond acceptors (Lipinski definition) is 3. The minimum atomic E-state index is -0.214. The number of nitrogens with one attached hydrogen (secondary N) is 1. The van der Waals surface area contributed by atoms with E-state index in [0.717, 1.165) is 15.7 Å². The van der Waals surface area contributed by atoms with Gasteiger partial charge in [-0.1, -0.05) is 45.2 Å². The highest BCUT2D eigenvalue weighted by molar-refractivity contribution is 9.10. The summed E-state index contributed by atoms with van der Waals surface area (Å²) in [5.41, 5.74) is 3.35. The highest BCUT2D eigenvalue weighted by atomic mass is 79.9. The molecule has 0 atom stereocenters. The van der Waals surface area contributed by atoms with Crippen molar-refractivity contribution in [3.8, 4) is 11.5 Å². The second kappa shape index (κ2) is 7.85. The zero-order valence-electron chi connectivity index (χ0n) is 13.6. The van der Waals surface area contributed by atoms with Crippen LogP contribution in [0, 0.1) is 6.92 Å². The highest BCUT2D eigenvalue weighted by Gasteiger charge is 2.11. The predicted octanol–water partition coefficient (Wildman–Crippen LogP) is 5.04. The first-order valence-corrected chi connectivity index (χ1v) is 8.95. The van der Waals surface area contributed by atoms with E-state index in [2.05, 4.69) is 26.2 Å². The molecule has 0 saturated carbocycles. The molecule has 0 radical (unpaired) electrons. The number of hydrogen-bond donors (Lipinski definition) is 1. The summed E-state index contributed by atoms with van der Waals surface area (Å²) in [6.07, 6.45) is 2.19. The van der Waals surface area contributed by atoms with E-state index in [0.29, 0.717) is 29.4 Å². The Balaban J connectivity index is 1.58. The van der Waals surface area contributed by atoms with Crippen molar-refractivity contribution in [2.75, 3.05) is 6.54 Å². The van der Waals surface area contributed by atoms with Crippen LogP contribution in [0.4, 0.5) is 0 Å². The molecule has 25 heavy (non-hydrogen) atoms. The van der Waals surface area contributed by atoms with Crippen molar-refractivity contribution in [2.24, 2.45) is 0 Å². The third-order valence-corrected chi connectivity index (χ3v) is 4.51. The van der Waals surface area contributed by atoms with Crippen LogP contribution in [0.2, 0.25) is 5.02 Å². The first-order valence-electron chi connectivity index (χ1n) is 7.77. The number of carbonyl (C=O) groups is 1. The van der Waals surface area contributed by atoms with Gasteiger partial charge in [-0.3, -0.25) is 4.79 Å². The normalized spacial score (nSPS) is 10.7. The van der Waals surface area contributed by atoms with E-state index in [9.17, 15) is 4.79 Å². The Bertz CT molecular complexity index is 891. The topological polar surface area (TPSA) is 55.1 Å². The number of benzene rings is 2. The molecule has 0 unspecified atom stereocenters. The molecule has 1 N–H and O–H groups in total. The van der Waals surface area contributed by atoms with Gasteiger partial charge in [-0.2, -0.15) is 0 Å². The number of aromatic nitrogens is 1. The fraction of sp³-hybridized carbons (Fsp3) is 0.158. The van der Waals surface area contributed by atoms with E-state index in [1.165, 1.54) is 5.56 Å². The van der Waals surface area contributed by atoms with Crippen LogP contribution in [0.25, 0.3) is 11.5 Å². The van der Waals surface area contributed by atoms with Crippen molar-refractivity contribution in [3.05, 3.63) is 75.0 Å². The first kappa shape index (κ1) is 17.7. The van der Waals surface area contributed by atoms with Crippen LogP contribution in [-0.2, 0) is 6.42 Å². The Labute approximate surface area is 159 Å². The fourth-order valence-electron chi connectivity index (χ4n) is 2.32. The standard InChI is InChI=1S/C19H16BrClN2O2/c1-12-2-4-13(5-3-12)19-23-15(11-25-19)8-9-22-18(24)16-10-14(20)6-7-17(16)21/h2-7,10-11H,8-9H2,1H3,(H,22,24). The molecular weight excluding hydrogens is 404 g/mol. The molecule has 0 aliphatic carbocycles. The Hall–Kier alpha value is -2.11. The maximum Gasteiger partial charge on any atom is 0.252 e. The van der Waals surface area contributed by atoms with Crippen LogP contribution in [0.15, 0.2) is 57.6 Å². The van der Waals surface area contributed by atoms with Gasteiger partial charge in [0.15, 0.2) is 0 Å². The molecule has 0 spiro atoms. The summed E-state index contributed by atoms with van der Waals surface area (Å²) >= 11 is 9.40. The minimum Gasteiger partial charge on any atom is -0.444 e. The summed E-state index contributed by atoms with van der Waals surface area (Å²) < 4.78 is 6.32. The van der Waals surface area contributed by atoms with Crippen molar-refractivity contribution in [1.29, 1.82) is 0 Å². The molecule has 2 aromatic carbocycles. The number of carbonyl (C=O) groups excluding carboxylic acids is 1. The largest absolute Gasteiger partial charge is 0.444 e. The lowest BCUT2D eigenvalue weighted by molar-refractivity contribution is 0.0954. The van der Waals surface area contributed by atoms with Gasteiger partial charge in [0.2, 0.25) is 5.89 Å². The zero-order valence-corrected chi connectivity index (χ0v) is 15.9. The Morgan fingerprint density at radius 3 is 2.76 bits per heavy atom. The quantitative estimate of drug-likeness (QED) is 0.630. The van der Waals surface area contributed by atoms with Gasteiger partial charge < -0.3 is 9.73 Å². The number of nitrogens with zero attached hydrogens (tertiary/aromatic N) is 1. The number of oxazole rings is 1. The average Bonchev–Trinajstić information content (AvgIpc) is 3.06. The molecule has 1 heterocycles. The summed E-state index contributed by atoms with van der Waals surface area (Å²) in [6, 6.07) is 13.2. The van der Waals surface area contributed by atoms with E-state index < -0.39 is 0 Å². The van der Waals surface area contributed by atoms with Crippen LogP contribution in [-0.4, -0.2) is 17.4 Å². The summed E-state index contributed by atoms with van der Waals surface area (Å²) in [5.74, 6) is 0.366. The summed E-state index contributed by atoms with van der Waals surface area (Å²) in [4.78, 5) is 16.7. The molecule has 1 amide bonds. The SMILES string of the molecule is Cc1ccc(-c2nc(CCNC(=O)c3cc(Br)ccc3Cl)co2)cc1. The lowest BCUT2D eigenvalue weighted by atomic mass is 10.1. The monoisotopic (exact) mass is 418 g/mol. The number of aryl methyl sites for hydroxylation is 1. The number of amides is 1. The van der Waals surface area contributed by atoms with Crippen molar-refractivity contribution < 1.29 is 9.21 Å². The van der Waals surface area contributed by atoms with Crippen molar-refractivity contribution in [3.63, 3.8) is 0 Å². The second-order valence-electron chi connectivity index (χ2n) is 5.64. The van der Waals surface area contributed by atoms with Gasteiger partial charge in [0.05, 0.1) is 16.3 Å². The van der Waals surface area contributed by atoms with Gasteiger partial charge >= 0.3 is 0 Å². The lowest BCUT2D eigenvalue weighted by Gasteiger charge is -2.06. The highest BCUT2D eigenvalue weighted by Crippen LogP contribution is 2.21. The van der Waals surface area contributed by atoms with Crippen LogP contribution in [0.5, 0.6) is 0 Å². The van der Waals surface area contributed by atoms with Crippen molar-refractivity contribution >= 4 is 33.4 Å². The van der Waals surface area contributed by atoms with Gasteiger partial charge in [-0.15, -0.1) is 0 Å². The van der Waals surface area contributed by atoms with Gasteiger partial charge in [0.1, 0.15) is 6.26 Å². The third-order valence-electron chi connectivity index (χ3n) is 3.69. The zero-order chi connectivity index (χ0) is 17.8. The van der Waals surface area contributed by atoms with Crippen LogP contribution < -0.4 is 5.32 Å². The fourth-order valence-corrected chi connectivity index (χ4v) is 2.89. The molecule has 0 bridgehead atoms. The molecule has 0 saturated heterocycles. The van der Waals surface area contributed by atoms with Crippen LogP contribution in [0.1, 0.15) is 21.6 Å². The third kappa shape index (κ3) is 4.50. The smallest absolute Gasteiger partial charge is 0.252 e. The summed E-state index contributed by atoms with van der Waals surface area (Å²) in [5, 5.41) is 3.27. The van der Waals surface area contributed by atoms with E-state index >= 15 is 0 Å². The van der Waals surface area contributed by atoms with Crippen molar-refractivity contribution in [2.45, 2.75) is 13.3 Å². The number of halogens is 2. The maximum atomic E-state index is 12.2. The molecule has 128 valence electrons. The average molecular weight is 420 g/mol. The molecular formula is C19H16BrClN2O2. The minimum absolute atomic E-state index is 0.214. The number of rotatable bonds is 5. The molecule has 0 fully saturated rings. The first-order chi connectivity index (χ1) is 12.0. The van der Waals surface area contributed by atoms with Gasteiger partial charge in [0.25, 0.3) is 5.91 Å². The van der Waals surface area contributed by atoms with E-state index in [1.807, 2.05) is 31.2 Å². The van der Waals surface area contributed by atoms with Gasteiger partial charge in [-0.05, 0) is 37.3 Å². The Kier molecular flexibility index (Phi) is 5.56. The van der Waals surface area contributed by atoms with E-state index in [4.69, 9.17) is 16.0 Å². The molecule has 1 aromatic heterocycles. The molecule has 0 aliphatic rings. The molecule has 6 heteroatoms. The van der Waals surface area contributed by atoms with Gasteiger partial charge in [-0.25, -0.2) is 4.98 Å². The predicted molar refractivity (Wildman–Crippen MR) is 102 cm³/mol. The summed E-state index contributed by atoms with van der Waals surface area (Å²) in [7, 11) is 0. The molecule has 4 nitrogen and oxygen atoms in total. The maximum absolute atomic E-state index is 12.2. The van der Waals surface area contributed by atoms with E-state index in [1.54, 1.807) is 24.5 Å².